The topological polar surface area (TPSA) is 45.8 Å². The van der Waals surface area contributed by atoms with E-state index >= 15 is 0 Å². The van der Waals surface area contributed by atoms with Gasteiger partial charge in [-0.05, 0) is 34.5 Å². The Hall–Kier alpha value is -0.690. The molecule has 0 aliphatic rings. The molecule has 3 heterocycles. The number of rotatable bonds is 3. The lowest BCUT2D eigenvalue weighted by Crippen LogP contribution is -2.12. The van der Waals surface area contributed by atoms with E-state index in [1.54, 1.807) is 11.3 Å². The van der Waals surface area contributed by atoms with Crippen LogP contribution in [0.25, 0.3) is 20.7 Å². The van der Waals surface area contributed by atoms with Gasteiger partial charge in [-0.15, -0.1) is 34.3 Å². The van der Waals surface area contributed by atoms with Crippen molar-refractivity contribution in [1.82, 2.24) is 9.97 Å². The van der Waals surface area contributed by atoms with Crippen LogP contribution in [-0.2, 0) is 0 Å². The van der Waals surface area contributed by atoms with Gasteiger partial charge in [0.15, 0.2) is 0 Å². The van der Waals surface area contributed by atoms with Crippen molar-refractivity contribution >= 4 is 60.4 Å². The Kier molecular flexibility index (Phi) is 3.99. The number of fused-ring (bicyclic) bond motifs is 1. The first-order valence-electron chi connectivity index (χ1n) is 6.01. The molecule has 0 bridgehead atoms. The van der Waals surface area contributed by atoms with Crippen LogP contribution in [0.15, 0.2) is 26.1 Å². The molecule has 3 nitrogen and oxygen atoms in total. The van der Waals surface area contributed by atoms with Crippen molar-refractivity contribution in [3.8, 4) is 10.4 Å². The van der Waals surface area contributed by atoms with Crippen LogP contribution >= 0.6 is 50.2 Å². The lowest BCUT2D eigenvalue weighted by atomic mass is 10.2. The van der Waals surface area contributed by atoms with Crippen LogP contribution in [0.4, 0.5) is 0 Å². The van der Waals surface area contributed by atoms with Crippen molar-refractivity contribution in [2.24, 2.45) is 0 Å². The van der Waals surface area contributed by atoms with Crippen LogP contribution in [0.1, 0.15) is 24.5 Å². The Morgan fingerprint density at radius 1 is 1.50 bits per heavy atom. The molecule has 0 aromatic carbocycles. The first-order chi connectivity index (χ1) is 9.60. The number of halogens is 2. The fraction of sp³-hybridized carbons (Fsp3) is 0.231. The summed E-state index contributed by atoms with van der Waals surface area (Å²) in [6, 6.07) is 3.98. The highest BCUT2D eigenvalue weighted by Crippen LogP contribution is 2.37. The van der Waals surface area contributed by atoms with Crippen molar-refractivity contribution in [3.63, 3.8) is 0 Å². The van der Waals surface area contributed by atoms with E-state index in [-0.39, 0.29) is 10.9 Å². The molecule has 0 aliphatic heterocycles. The van der Waals surface area contributed by atoms with E-state index in [0.717, 1.165) is 25.5 Å². The van der Waals surface area contributed by atoms with Crippen LogP contribution in [-0.4, -0.2) is 9.97 Å². The number of nitrogens with one attached hydrogen (secondary N) is 1. The van der Waals surface area contributed by atoms with Crippen LogP contribution in [0.2, 0.25) is 0 Å². The Bertz CT molecular complexity index is 823. The normalized spacial score (nSPS) is 12.9. The number of thiophene rings is 2. The first kappa shape index (κ1) is 14.3. The number of nitrogens with zero attached hydrogens (tertiary/aromatic N) is 1. The molecule has 0 saturated carbocycles. The van der Waals surface area contributed by atoms with Gasteiger partial charge in [0.2, 0.25) is 0 Å². The number of H-pyrrole nitrogens is 1. The Balaban J connectivity index is 2.21. The van der Waals surface area contributed by atoms with E-state index in [1.807, 2.05) is 24.4 Å². The number of hydrogen-bond donors (Lipinski definition) is 1. The average molecular weight is 390 g/mol. The molecule has 3 aromatic rings. The first-order valence-corrected chi connectivity index (χ1v) is 8.94. The predicted octanol–water partition coefficient (Wildman–Crippen LogP) is 5.17. The van der Waals surface area contributed by atoms with Gasteiger partial charge in [0.1, 0.15) is 10.7 Å². The second-order valence-electron chi connectivity index (χ2n) is 4.26. The van der Waals surface area contributed by atoms with Gasteiger partial charge in [-0.1, -0.05) is 6.92 Å². The third-order valence-corrected chi connectivity index (χ3v) is 6.00. The van der Waals surface area contributed by atoms with Crippen LogP contribution in [0, 0.1) is 0 Å². The molecule has 0 saturated heterocycles. The average Bonchev–Trinajstić information content (AvgIpc) is 3.03. The summed E-state index contributed by atoms with van der Waals surface area (Å²) in [5.74, 6) is 0.549. The molecule has 3 rings (SSSR count). The largest absolute Gasteiger partial charge is 0.309 e. The highest BCUT2D eigenvalue weighted by Gasteiger charge is 2.16. The van der Waals surface area contributed by atoms with Crippen LogP contribution in [0.5, 0.6) is 0 Å². The van der Waals surface area contributed by atoms with Crippen molar-refractivity contribution in [3.05, 3.63) is 37.5 Å². The molecule has 7 heteroatoms. The lowest BCUT2D eigenvalue weighted by molar-refractivity contribution is 0.807. The number of hydrogen-bond acceptors (Lipinski definition) is 4. The Morgan fingerprint density at radius 3 is 2.95 bits per heavy atom. The van der Waals surface area contributed by atoms with E-state index < -0.39 is 0 Å². The number of aromatic nitrogens is 2. The summed E-state index contributed by atoms with van der Waals surface area (Å²) >= 11 is 12.7. The molecule has 1 atom stereocenters. The van der Waals surface area contributed by atoms with Gasteiger partial charge < -0.3 is 4.98 Å². The summed E-state index contributed by atoms with van der Waals surface area (Å²) in [6.45, 7) is 1.96. The molecule has 20 heavy (non-hydrogen) atoms. The van der Waals surface area contributed by atoms with Crippen molar-refractivity contribution < 1.29 is 0 Å². The standard InChI is InChI=1S/C13H10BrClN2OS2/c1-2-7(15)11-16-12(18)10-6(5-19-13(10)17-11)8-3-4-9(14)20-8/h3-5,7H,2H2,1H3,(H,16,17,18). The maximum Gasteiger partial charge on any atom is 0.260 e. The quantitative estimate of drug-likeness (QED) is 0.628. The second-order valence-corrected chi connectivity index (χ2v) is 8.11. The van der Waals surface area contributed by atoms with Crippen molar-refractivity contribution in [2.75, 3.05) is 0 Å². The van der Waals surface area contributed by atoms with E-state index in [2.05, 4.69) is 25.9 Å². The van der Waals surface area contributed by atoms with Gasteiger partial charge in [0.25, 0.3) is 5.56 Å². The summed E-state index contributed by atoms with van der Waals surface area (Å²) in [7, 11) is 0. The van der Waals surface area contributed by atoms with Gasteiger partial charge in [0, 0.05) is 15.8 Å². The third kappa shape index (κ3) is 2.45. The molecule has 0 amide bonds. The highest BCUT2D eigenvalue weighted by atomic mass is 79.9. The molecule has 0 spiro atoms. The fourth-order valence-electron chi connectivity index (χ4n) is 1.95. The summed E-state index contributed by atoms with van der Waals surface area (Å²) in [4.78, 5) is 21.4. The zero-order valence-corrected chi connectivity index (χ0v) is 14.4. The molecule has 3 aromatic heterocycles. The third-order valence-electron chi connectivity index (χ3n) is 2.96. The molecule has 0 radical (unpaired) electrons. The Labute approximate surface area is 136 Å². The molecular weight excluding hydrogens is 380 g/mol. The minimum absolute atomic E-state index is 0.120. The monoisotopic (exact) mass is 388 g/mol. The SMILES string of the molecule is CCC(Cl)c1nc2scc(-c3ccc(Br)s3)c2c(=O)[nH]1. The van der Waals surface area contributed by atoms with E-state index in [9.17, 15) is 4.79 Å². The van der Waals surface area contributed by atoms with Crippen molar-refractivity contribution in [1.29, 1.82) is 0 Å². The van der Waals surface area contributed by atoms with E-state index in [0.29, 0.717) is 11.2 Å². The fourth-order valence-corrected chi connectivity index (χ4v) is 4.48. The molecule has 1 unspecified atom stereocenters. The van der Waals surface area contributed by atoms with Gasteiger partial charge in [-0.25, -0.2) is 4.98 Å². The molecule has 1 N–H and O–H groups in total. The number of aromatic amines is 1. The zero-order valence-electron chi connectivity index (χ0n) is 10.4. The lowest BCUT2D eigenvalue weighted by Gasteiger charge is -2.05. The molecule has 0 fully saturated rings. The molecule has 0 aliphatic carbocycles. The van der Waals surface area contributed by atoms with Gasteiger partial charge >= 0.3 is 0 Å². The van der Waals surface area contributed by atoms with Crippen molar-refractivity contribution in [2.45, 2.75) is 18.7 Å². The summed E-state index contributed by atoms with van der Waals surface area (Å²) in [5.41, 5.74) is 0.813. The van der Waals surface area contributed by atoms with Gasteiger partial charge in [-0.3, -0.25) is 4.79 Å². The predicted molar refractivity (Wildman–Crippen MR) is 90.1 cm³/mol. The Morgan fingerprint density at radius 2 is 2.30 bits per heavy atom. The van der Waals surface area contributed by atoms with Crippen LogP contribution in [0.3, 0.4) is 0 Å². The van der Waals surface area contributed by atoms with Gasteiger partial charge in [-0.2, -0.15) is 0 Å². The van der Waals surface area contributed by atoms with E-state index in [4.69, 9.17) is 11.6 Å². The van der Waals surface area contributed by atoms with Crippen LogP contribution < -0.4 is 5.56 Å². The molecular formula is C13H10BrClN2OS2. The summed E-state index contributed by atoms with van der Waals surface area (Å²) in [5, 5.41) is 2.37. The minimum atomic E-state index is -0.256. The maximum atomic E-state index is 12.3. The second kappa shape index (κ2) is 5.60. The smallest absolute Gasteiger partial charge is 0.260 e. The number of alkyl halides is 1. The van der Waals surface area contributed by atoms with Gasteiger partial charge in [0.05, 0.1) is 14.5 Å². The minimum Gasteiger partial charge on any atom is -0.309 e. The highest BCUT2D eigenvalue weighted by molar-refractivity contribution is 9.11. The van der Waals surface area contributed by atoms with E-state index in [1.165, 1.54) is 11.3 Å². The molecule has 104 valence electrons. The summed E-state index contributed by atoms with van der Waals surface area (Å²) < 4.78 is 1.04. The zero-order chi connectivity index (χ0) is 14.3. The maximum absolute atomic E-state index is 12.3. The summed E-state index contributed by atoms with van der Waals surface area (Å²) in [6.07, 6.45) is 0.728.